The molecular formula is C23H32N4O3. The number of amides is 1. The van der Waals surface area contributed by atoms with Gasteiger partial charge in [-0.25, -0.2) is 10.9 Å². The van der Waals surface area contributed by atoms with Gasteiger partial charge in [-0.2, -0.15) is 0 Å². The maximum atomic E-state index is 12.6. The second-order valence-electron chi connectivity index (χ2n) is 7.30. The lowest BCUT2D eigenvalue weighted by molar-refractivity contribution is -0.122. The minimum atomic E-state index is -0.279. The Morgan fingerprint density at radius 3 is 2.63 bits per heavy atom. The number of anilines is 1. The van der Waals surface area contributed by atoms with Gasteiger partial charge in [0.25, 0.3) is 0 Å². The van der Waals surface area contributed by atoms with E-state index in [1.807, 2.05) is 36.4 Å². The van der Waals surface area contributed by atoms with Crippen LogP contribution in [-0.4, -0.2) is 45.8 Å². The second kappa shape index (κ2) is 10.8. The summed E-state index contributed by atoms with van der Waals surface area (Å²) in [7, 11) is 3.27. The molecule has 0 radical (unpaired) electrons. The zero-order valence-corrected chi connectivity index (χ0v) is 18.0. The van der Waals surface area contributed by atoms with Crippen LogP contribution in [0.2, 0.25) is 0 Å². The Balaban J connectivity index is 1.46. The first-order chi connectivity index (χ1) is 14.7. The molecule has 30 heavy (non-hydrogen) atoms. The summed E-state index contributed by atoms with van der Waals surface area (Å²) in [4.78, 5) is 14.9. The highest BCUT2D eigenvalue weighted by atomic mass is 16.5. The van der Waals surface area contributed by atoms with Crippen LogP contribution in [0.1, 0.15) is 31.4 Å². The Morgan fingerprint density at radius 2 is 1.93 bits per heavy atom. The first kappa shape index (κ1) is 21.9. The standard InChI is InChI=1S/C23H32N4O3/c1-4-27(17-9-6-5-7-10-17)14-8-13-24-23(28)21-16-20(25-26-21)19-12-11-18(29-2)15-22(19)30-3/h5-7,9-12,15,20-21,25-26H,4,8,13-14,16H2,1-3H3,(H,24,28). The van der Waals surface area contributed by atoms with Crippen LogP contribution in [0.25, 0.3) is 0 Å². The van der Waals surface area contributed by atoms with Crippen molar-refractivity contribution in [1.82, 2.24) is 16.2 Å². The molecule has 7 nitrogen and oxygen atoms in total. The summed E-state index contributed by atoms with van der Waals surface area (Å²) in [6.45, 7) is 4.64. The number of hydrazine groups is 1. The van der Waals surface area contributed by atoms with Crippen molar-refractivity contribution in [2.75, 3.05) is 38.8 Å². The van der Waals surface area contributed by atoms with Crippen molar-refractivity contribution in [2.24, 2.45) is 0 Å². The molecule has 162 valence electrons. The first-order valence-electron chi connectivity index (χ1n) is 10.5. The van der Waals surface area contributed by atoms with Gasteiger partial charge in [-0.1, -0.05) is 24.3 Å². The Hall–Kier alpha value is -2.77. The van der Waals surface area contributed by atoms with Crippen molar-refractivity contribution in [1.29, 1.82) is 0 Å². The lowest BCUT2D eigenvalue weighted by Crippen LogP contribution is -2.43. The molecule has 0 saturated carbocycles. The van der Waals surface area contributed by atoms with Crippen LogP contribution < -0.4 is 30.5 Å². The molecule has 2 aromatic carbocycles. The number of ether oxygens (including phenoxy) is 2. The van der Waals surface area contributed by atoms with Crippen molar-refractivity contribution in [2.45, 2.75) is 31.8 Å². The Kier molecular flexibility index (Phi) is 7.93. The summed E-state index contributed by atoms with van der Waals surface area (Å²) in [5.41, 5.74) is 8.54. The summed E-state index contributed by atoms with van der Waals surface area (Å²) in [6, 6.07) is 15.8. The third-order valence-corrected chi connectivity index (χ3v) is 5.44. The van der Waals surface area contributed by atoms with Gasteiger partial charge in [0.05, 0.1) is 20.3 Å². The first-order valence-corrected chi connectivity index (χ1v) is 10.5. The van der Waals surface area contributed by atoms with Crippen LogP contribution >= 0.6 is 0 Å². The van der Waals surface area contributed by atoms with E-state index >= 15 is 0 Å². The van der Waals surface area contributed by atoms with Gasteiger partial charge in [0.2, 0.25) is 5.91 Å². The molecule has 1 fully saturated rings. The number of carbonyl (C=O) groups excluding carboxylic acids is 1. The van der Waals surface area contributed by atoms with Crippen LogP contribution in [0, 0.1) is 0 Å². The molecule has 2 aromatic rings. The van der Waals surface area contributed by atoms with Crippen molar-refractivity contribution in [3.8, 4) is 11.5 Å². The molecule has 3 rings (SSSR count). The molecule has 3 N–H and O–H groups in total. The summed E-state index contributed by atoms with van der Waals surface area (Å²) >= 11 is 0. The molecule has 1 amide bonds. The molecule has 0 aliphatic carbocycles. The maximum absolute atomic E-state index is 12.6. The molecule has 2 unspecified atom stereocenters. The smallest absolute Gasteiger partial charge is 0.238 e. The maximum Gasteiger partial charge on any atom is 0.238 e. The molecule has 1 heterocycles. The van der Waals surface area contributed by atoms with Crippen molar-refractivity contribution >= 4 is 11.6 Å². The Bertz CT molecular complexity index is 815. The van der Waals surface area contributed by atoms with E-state index < -0.39 is 0 Å². The number of para-hydroxylation sites is 1. The predicted octanol–water partition coefficient (Wildman–Crippen LogP) is 2.64. The van der Waals surface area contributed by atoms with E-state index in [-0.39, 0.29) is 18.0 Å². The topological polar surface area (TPSA) is 74.9 Å². The number of carbonyl (C=O) groups is 1. The quantitative estimate of drug-likeness (QED) is 0.521. The largest absolute Gasteiger partial charge is 0.497 e. The average Bonchev–Trinajstić information content (AvgIpc) is 3.29. The number of nitrogens with zero attached hydrogens (tertiary/aromatic N) is 1. The van der Waals surface area contributed by atoms with E-state index in [9.17, 15) is 4.79 Å². The SMILES string of the molecule is CCN(CCCNC(=O)C1CC(c2ccc(OC)cc2OC)NN1)c1ccccc1. The number of benzene rings is 2. The molecule has 0 bridgehead atoms. The highest BCUT2D eigenvalue weighted by Gasteiger charge is 2.31. The second-order valence-corrected chi connectivity index (χ2v) is 7.30. The van der Waals surface area contributed by atoms with Gasteiger partial charge < -0.3 is 19.7 Å². The highest BCUT2D eigenvalue weighted by molar-refractivity contribution is 5.82. The van der Waals surface area contributed by atoms with Crippen LogP contribution in [0.5, 0.6) is 11.5 Å². The Labute approximate surface area is 178 Å². The lowest BCUT2D eigenvalue weighted by atomic mass is 10.0. The van der Waals surface area contributed by atoms with Gasteiger partial charge in [0.15, 0.2) is 0 Å². The fourth-order valence-corrected chi connectivity index (χ4v) is 3.75. The molecule has 1 aliphatic rings. The normalized spacial score (nSPS) is 18.1. The van der Waals surface area contributed by atoms with E-state index in [1.54, 1.807) is 14.2 Å². The van der Waals surface area contributed by atoms with Crippen LogP contribution in [0.15, 0.2) is 48.5 Å². The summed E-state index contributed by atoms with van der Waals surface area (Å²) < 4.78 is 10.7. The van der Waals surface area contributed by atoms with E-state index in [1.165, 1.54) is 5.69 Å². The minimum absolute atomic E-state index is 0.00438. The molecule has 0 spiro atoms. The van der Waals surface area contributed by atoms with Crippen molar-refractivity contribution in [3.05, 3.63) is 54.1 Å². The fraction of sp³-hybridized carbons (Fsp3) is 0.435. The number of hydrogen-bond donors (Lipinski definition) is 3. The Morgan fingerprint density at radius 1 is 1.13 bits per heavy atom. The van der Waals surface area contributed by atoms with Gasteiger partial charge in [0.1, 0.15) is 17.5 Å². The van der Waals surface area contributed by atoms with Crippen LogP contribution in [0.3, 0.4) is 0 Å². The predicted molar refractivity (Wildman–Crippen MR) is 119 cm³/mol. The van der Waals surface area contributed by atoms with Crippen molar-refractivity contribution < 1.29 is 14.3 Å². The van der Waals surface area contributed by atoms with Crippen molar-refractivity contribution in [3.63, 3.8) is 0 Å². The van der Waals surface area contributed by atoms with Gasteiger partial charge in [-0.15, -0.1) is 0 Å². The van der Waals surface area contributed by atoms with Gasteiger partial charge in [0, 0.05) is 37.0 Å². The lowest BCUT2D eigenvalue weighted by Gasteiger charge is -2.23. The monoisotopic (exact) mass is 412 g/mol. The summed E-state index contributed by atoms with van der Waals surface area (Å²) in [5.74, 6) is 1.50. The zero-order chi connectivity index (χ0) is 21.3. The van der Waals surface area contributed by atoms with E-state index in [4.69, 9.17) is 9.47 Å². The van der Waals surface area contributed by atoms with Gasteiger partial charge in [-0.3, -0.25) is 4.79 Å². The third kappa shape index (κ3) is 5.43. The minimum Gasteiger partial charge on any atom is -0.497 e. The summed E-state index contributed by atoms with van der Waals surface area (Å²) in [6.07, 6.45) is 1.55. The number of hydrogen-bond acceptors (Lipinski definition) is 6. The molecule has 7 heteroatoms. The third-order valence-electron chi connectivity index (χ3n) is 5.44. The van der Waals surface area contributed by atoms with Crippen LogP contribution in [-0.2, 0) is 4.79 Å². The van der Waals surface area contributed by atoms with E-state index in [0.29, 0.717) is 13.0 Å². The number of methoxy groups -OCH3 is 2. The molecular weight excluding hydrogens is 380 g/mol. The van der Waals surface area contributed by atoms with Gasteiger partial charge in [-0.05, 0) is 38.0 Å². The van der Waals surface area contributed by atoms with Crippen LogP contribution in [0.4, 0.5) is 5.69 Å². The average molecular weight is 413 g/mol. The van der Waals surface area contributed by atoms with E-state index in [0.717, 1.165) is 36.6 Å². The molecule has 1 saturated heterocycles. The fourth-order valence-electron chi connectivity index (χ4n) is 3.75. The van der Waals surface area contributed by atoms with E-state index in [2.05, 4.69) is 40.1 Å². The van der Waals surface area contributed by atoms with Gasteiger partial charge >= 0.3 is 0 Å². The molecule has 0 aromatic heterocycles. The highest BCUT2D eigenvalue weighted by Crippen LogP contribution is 2.33. The number of rotatable bonds is 10. The molecule has 1 aliphatic heterocycles. The summed E-state index contributed by atoms with van der Waals surface area (Å²) in [5, 5.41) is 3.06. The zero-order valence-electron chi connectivity index (χ0n) is 18.0. The molecule has 2 atom stereocenters. The number of nitrogens with one attached hydrogen (secondary N) is 3.